The van der Waals surface area contributed by atoms with E-state index in [1.807, 2.05) is 36.4 Å². The van der Waals surface area contributed by atoms with Gasteiger partial charge in [0.1, 0.15) is 5.65 Å². The largest absolute Gasteiger partial charge is 0.345 e. The molecule has 3 heterocycles. The number of ketones is 1. The van der Waals surface area contributed by atoms with E-state index in [0.717, 1.165) is 41.3 Å². The number of carbonyl (C=O) groups excluding carboxylic acids is 1. The molecule has 4 aromatic rings. The van der Waals surface area contributed by atoms with Gasteiger partial charge in [-0.15, -0.1) is 0 Å². The zero-order valence-electron chi connectivity index (χ0n) is 15.2. The number of pyridine rings is 2. The quantitative estimate of drug-likeness (QED) is 0.496. The molecule has 0 unspecified atom stereocenters. The summed E-state index contributed by atoms with van der Waals surface area (Å²) >= 11 is 0. The SMILES string of the molecule is CCCCc1[c]c(C(=O)c2c[nH]c3ncc(-c4cccnc4)cc23)ccc1. The fraction of sp³-hybridized carbons (Fsp3) is 0.174. The lowest BCUT2D eigenvalue weighted by Crippen LogP contribution is -2.02. The van der Waals surface area contributed by atoms with E-state index in [9.17, 15) is 4.79 Å². The van der Waals surface area contributed by atoms with Crippen LogP contribution in [0.15, 0.2) is 61.2 Å². The highest BCUT2D eigenvalue weighted by atomic mass is 16.1. The van der Waals surface area contributed by atoms with Crippen LogP contribution in [0.3, 0.4) is 0 Å². The number of nitrogens with one attached hydrogen (secondary N) is 1. The highest BCUT2D eigenvalue weighted by Gasteiger charge is 2.16. The van der Waals surface area contributed by atoms with Gasteiger partial charge in [-0.1, -0.05) is 37.6 Å². The van der Waals surface area contributed by atoms with E-state index >= 15 is 0 Å². The van der Waals surface area contributed by atoms with Crippen LogP contribution in [-0.2, 0) is 6.42 Å². The number of hydrogen-bond donors (Lipinski definition) is 1. The maximum Gasteiger partial charge on any atom is 0.195 e. The normalized spacial score (nSPS) is 11.0. The maximum absolute atomic E-state index is 13.1. The maximum atomic E-state index is 13.1. The third-order valence-electron chi connectivity index (χ3n) is 4.67. The van der Waals surface area contributed by atoms with Gasteiger partial charge in [0.05, 0.1) is 0 Å². The topological polar surface area (TPSA) is 58.6 Å². The molecule has 1 N–H and O–H groups in total. The number of fused-ring (bicyclic) bond motifs is 1. The van der Waals surface area contributed by atoms with Crippen molar-refractivity contribution >= 4 is 16.8 Å². The number of aryl methyl sites for hydroxylation is 1. The predicted molar refractivity (Wildman–Crippen MR) is 107 cm³/mol. The van der Waals surface area contributed by atoms with Crippen molar-refractivity contribution in [3.63, 3.8) is 0 Å². The minimum absolute atomic E-state index is 0.0373. The average molecular weight is 354 g/mol. The molecule has 0 atom stereocenters. The fourth-order valence-electron chi connectivity index (χ4n) is 3.19. The van der Waals surface area contributed by atoms with Crippen LogP contribution in [0.25, 0.3) is 22.2 Å². The van der Waals surface area contributed by atoms with Gasteiger partial charge in [0.15, 0.2) is 5.78 Å². The third-order valence-corrected chi connectivity index (χ3v) is 4.67. The summed E-state index contributed by atoms with van der Waals surface area (Å²) in [7, 11) is 0. The van der Waals surface area contributed by atoms with Crippen LogP contribution in [0.5, 0.6) is 0 Å². The van der Waals surface area contributed by atoms with Gasteiger partial charge >= 0.3 is 0 Å². The van der Waals surface area contributed by atoms with E-state index < -0.39 is 0 Å². The van der Waals surface area contributed by atoms with E-state index in [1.54, 1.807) is 24.8 Å². The second-order valence-electron chi connectivity index (χ2n) is 6.59. The van der Waals surface area contributed by atoms with E-state index in [0.29, 0.717) is 16.8 Å². The van der Waals surface area contributed by atoms with E-state index in [2.05, 4.69) is 27.9 Å². The Morgan fingerprint density at radius 3 is 2.89 bits per heavy atom. The van der Waals surface area contributed by atoms with E-state index in [1.165, 1.54) is 0 Å². The summed E-state index contributed by atoms with van der Waals surface area (Å²) < 4.78 is 0. The number of benzene rings is 1. The van der Waals surface area contributed by atoms with Gasteiger partial charge in [0.25, 0.3) is 0 Å². The summed E-state index contributed by atoms with van der Waals surface area (Å²) in [5.74, 6) is -0.0373. The van der Waals surface area contributed by atoms with Crippen molar-refractivity contribution < 1.29 is 4.79 Å². The first-order valence-corrected chi connectivity index (χ1v) is 9.19. The Morgan fingerprint density at radius 2 is 2.07 bits per heavy atom. The molecule has 4 heteroatoms. The second-order valence-corrected chi connectivity index (χ2v) is 6.59. The van der Waals surface area contributed by atoms with Crippen molar-refractivity contribution in [1.29, 1.82) is 0 Å². The summed E-state index contributed by atoms with van der Waals surface area (Å²) in [6.45, 7) is 2.16. The van der Waals surface area contributed by atoms with Crippen LogP contribution in [0, 0.1) is 6.07 Å². The Kier molecular flexibility index (Phi) is 4.79. The van der Waals surface area contributed by atoms with E-state index in [4.69, 9.17) is 0 Å². The highest BCUT2D eigenvalue weighted by Crippen LogP contribution is 2.26. The molecule has 3 aromatic heterocycles. The van der Waals surface area contributed by atoms with Crippen molar-refractivity contribution in [3.05, 3.63) is 83.9 Å². The van der Waals surface area contributed by atoms with Crippen molar-refractivity contribution in [2.75, 3.05) is 0 Å². The zero-order valence-corrected chi connectivity index (χ0v) is 15.2. The van der Waals surface area contributed by atoms with Crippen molar-refractivity contribution in [2.24, 2.45) is 0 Å². The number of nitrogens with zero attached hydrogens (tertiary/aromatic N) is 2. The Bertz CT molecular complexity index is 1080. The molecule has 1 radical (unpaired) electrons. The molecule has 0 aliphatic carbocycles. The number of hydrogen-bond acceptors (Lipinski definition) is 3. The molecule has 0 bridgehead atoms. The summed E-state index contributed by atoms with van der Waals surface area (Å²) in [5, 5.41) is 0.814. The minimum Gasteiger partial charge on any atom is -0.345 e. The van der Waals surface area contributed by atoms with Crippen LogP contribution in [-0.4, -0.2) is 20.7 Å². The van der Waals surface area contributed by atoms with Gasteiger partial charge < -0.3 is 4.98 Å². The first kappa shape index (κ1) is 17.2. The summed E-state index contributed by atoms with van der Waals surface area (Å²) in [6.07, 6.45) is 10.2. The molecule has 0 amide bonds. The standard InChI is InChI=1S/C23H20N3O/c1-2-3-6-16-7-4-8-17(11-16)22(27)21-15-26-23-20(21)12-19(14-25-23)18-9-5-10-24-13-18/h4-5,7-10,12-15H,2-3,6H2,1H3,(H,25,26). The highest BCUT2D eigenvalue weighted by molar-refractivity contribution is 6.16. The molecule has 4 rings (SSSR count). The van der Waals surface area contributed by atoms with Gasteiger partial charge in [0.2, 0.25) is 0 Å². The van der Waals surface area contributed by atoms with Crippen LogP contribution >= 0.6 is 0 Å². The zero-order chi connectivity index (χ0) is 18.6. The summed E-state index contributed by atoms with van der Waals surface area (Å²) in [4.78, 5) is 24.8. The molecule has 0 fully saturated rings. The Balaban J connectivity index is 1.72. The smallest absolute Gasteiger partial charge is 0.195 e. The first-order chi connectivity index (χ1) is 13.3. The molecular weight excluding hydrogens is 334 g/mol. The van der Waals surface area contributed by atoms with Gasteiger partial charge in [-0.2, -0.15) is 0 Å². The molecule has 27 heavy (non-hydrogen) atoms. The molecule has 0 saturated heterocycles. The Morgan fingerprint density at radius 1 is 1.15 bits per heavy atom. The molecule has 0 aliphatic rings. The van der Waals surface area contributed by atoms with Crippen molar-refractivity contribution in [2.45, 2.75) is 26.2 Å². The van der Waals surface area contributed by atoms with Gasteiger partial charge in [-0.3, -0.25) is 9.78 Å². The molecule has 0 aliphatic heterocycles. The molecule has 0 spiro atoms. The van der Waals surface area contributed by atoms with Gasteiger partial charge in [-0.05, 0) is 36.6 Å². The lowest BCUT2D eigenvalue weighted by Gasteiger charge is -2.04. The number of rotatable bonds is 6. The molecular formula is C23H20N3O. The minimum atomic E-state index is -0.0373. The number of unbranched alkanes of at least 4 members (excludes halogenated alkanes) is 1. The van der Waals surface area contributed by atoms with Gasteiger partial charge in [0, 0.05) is 52.4 Å². The Hall–Kier alpha value is -3.27. The van der Waals surface area contributed by atoms with Crippen LogP contribution < -0.4 is 0 Å². The number of H-pyrrole nitrogens is 1. The van der Waals surface area contributed by atoms with Crippen LogP contribution in [0.4, 0.5) is 0 Å². The molecule has 4 nitrogen and oxygen atoms in total. The van der Waals surface area contributed by atoms with Crippen molar-refractivity contribution in [3.8, 4) is 11.1 Å². The first-order valence-electron chi connectivity index (χ1n) is 9.19. The lowest BCUT2D eigenvalue weighted by atomic mass is 9.98. The van der Waals surface area contributed by atoms with Crippen LogP contribution in [0.1, 0.15) is 41.3 Å². The van der Waals surface area contributed by atoms with Crippen molar-refractivity contribution in [1.82, 2.24) is 15.0 Å². The molecule has 133 valence electrons. The number of aromatic nitrogens is 3. The second kappa shape index (κ2) is 7.54. The molecule has 0 saturated carbocycles. The number of carbonyl (C=O) groups is 1. The van der Waals surface area contributed by atoms with Crippen LogP contribution in [0.2, 0.25) is 0 Å². The Labute approximate surface area is 158 Å². The summed E-state index contributed by atoms with van der Waals surface area (Å²) in [5.41, 5.74) is 4.90. The number of aromatic amines is 1. The monoisotopic (exact) mass is 354 g/mol. The lowest BCUT2D eigenvalue weighted by molar-refractivity contribution is 0.104. The average Bonchev–Trinajstić information content (AvgIpc) is 3.16. The summed E-state index contributed by atoms with van der Waals surface area (Å²) in [6, 6.07) is 14.9. The van der Waals surface area contributed by atoms with E-state index in [-0.39, 0.29) is 5.78 Å². The predicted octanol–water partition coefficient (Wildman–Crippen LogP) is 5.00. The van der Waals surface area contributed by atoms with Gasteiger partial charge in [-0.25, -0.2) is 4.98 Å². The fourth-order valence-corrected chi connectivity index (χ4v) is 3.19. The third kappa shape index (κ3) is 3.51. The molecule has 1 aromatic carbocycles.